The van der Waals surface area contributed by atoms with Gasteiger partial charge in [-0.1, -0.05) is 13.3 Å². The van der Waals surface area contributed by atoms with E-state index in [1.807, 2.05) is 11.1 Å². The maximum Gasteiger partial charge on any atom is 1.00 e. The Labute approximate surface area is 85.0 Å². The molecule has 0 N–H and O–H groups in total. The average Bonchev–Trinajstić information content (AvgIpc) is 2.49. The second kappa shape index (κ2) is 6.44. The lowest BCUT2D eigenvalue weighted by Crippen LogP contribution is -2.12. The van der Waals surface area contributed by atoms with E-state index >= 15 is 0 Å². The molecular weight excluding hydrogens is 208 g/mol. The summed E-state index contributed by atoms with van der Waals surface area (Å²) in [5, 5.41) is 0. The minimum absolute atomic E-state index is 0. The molecule has 6 nitrogen and oxygen atoms in total. The lowest BCUT2D eigenvalue weighted by Gasteiger charge is -2.06. The Morgan fingerprint density at radius 3 is 2.50 bits per heavy atom. The van der Waals surface area contributed by atoms with E-state index in [1.54, 1.807) is 6.20 Å². The summed E-state index contributed by atoms with van der Waals surface area (Å²) in [6.07, 6.45) is 8.98. The molecule has 0 aromatic carbocycles. The molecule has 1 aliphatic rings. The van der Waals surface area contributed by atoms with Crippen molar-refractivity contribution < 1.29 is 18.9 Å². The van der Waals surface area contributed by atoms with Crippen LogP contribution in [0.4, 0.5) is 0 Å². The molecule has 0 amide bonds. The molecule has 0 unspecified atom stereocenters. The van der Waals surface area contributed by atoms with Crippen LogP contribution in [0.5, 0.6) is 0 Å². The van der Waals surface area contributed by atoms with E-state index in [0.29, 0.717) is 0 Å². The van der Waals surface area contributed by atoms with Crippen LogP contribution in [-0.4, -0.2) is 35.3 Å². The molecule has 0 radical (unpaired) electrons. The van der Waals surface area contributed by atoms with Crippen LogP contribution in [0.2, 0.25) is 0 Å². The maximum absolute atomic E-state index is 8.52. The molecule has 0 aliphatic carbocycles. The van der Waals surface area contributed by atoms with Gasteiger partial charge < -0.3 is 9.11 Å². The fourth-order valence-corrected chi connectivity index (χ4v) is 0.708. The highest BCUT2D eigenvalue weighted by Crippen LogP contribution is 1.97. The first-order valence-corrected chi connectivity index (χ1v) is 5.32. The molecule has 1 heterocycles. The third-order valence-electron chi connectivity index (χ3n) is 1.26. The Hall–Kier alpha value is -1.01. The molecule has 7 heteroatoms. The summed E-state index contributed by atoms with van der Waals surface area (Å²) in [7, 11) is -5.17. The van der Waals surface area contributed by atoms with Gasteiger partial charge in [0.2, 0.25) is 6.20 Å². The third kappa shape index (κ3) is 11.0. The smallest absolute Gasteiger partial charge is 0.759 e. The predicted octanol–water partition coefficient (Wildman–Crippen LogP) is 0.253. The Kier molecular flexibility index (Phi) is 5.98. The molecule has 0 aromatic rings. The summed E-state index contributed by atoms with van der Waals surface area (Å²) in [6.45, 7) is 3.23. The first-order chi connectivity index (χ1) is 6.43. The number of unbranched alkanes of at least 4 members (excludes halogenated alkanes) is 1. The Morgan fingerprint density at radius 2 is 2.14 bits per heavy atom. The molecule has 0 aromatic heterocycles. The Morgan fingerprint density at radius 1 is 1.57 bits per heavy atom. The molecule has 0 spiro atoms. The molecular formula is C7H12N2O4S. The van der Waals surface area contributed by atoms with Gasteiger partial charge in [0.15, 0.2) is 6.20 Å². The molecule has 0 bridgehead atoms. The number of aliphatic imine (C=N–C) groups is 1. The van der Waals surface area contributed by atoms with Gasteiger partial charge in [-0.2, -0.15) is 4.90 Å². The van der Waals surface area contributed by atoms with Gasteiger partial charge in [0.25, 0.3) is 6.34 Å². The quantitative estimate of drug-likeness (QED) is 0.386. The van der Waals surface area contributed by atoms with E-state index in [9.17, 15) is 0 Å². The number of hydrogen-bond donors (Lipinski definition) is 0. The molecule has 0 saturated carbocycles. The van der Waals surface area contributed by atoms with E-state index in [4.69, 9.17) is 17.5 Å². The Balaban J connectivity index is 0. The number of rotatable bonds is 3. The first kappa shape index (κ1) is 13.0. The van der Waals surface area contributed by atoms with Gasteiger partial charge in [-0.05, 0) is 11.4 Å². The van der Waals surface area contributed by atoms with Gasteiger partial charge in [-0.15, -0.1) is 0 Å². The zero-order chi connectivity index (χ0) is 11.0. The van der Waals surface area contributed by atoms with E-state index in [-0.39, 0.29) is 1.43 Å². The first-order valence-electron chi connectivity index (χ1n) is 3.99. The van der Waals surface area contributed by atoms with Crippen LogP contribution >= 0.6 is 0 Å². The summed E-state index contributed by atoms with van der Waals surface area (Å²) in [6, 6.07) is 0. The summed E-state index contributed by atoms with van der Waals surface area (Å²) in [5.41, 5.74) is 0. The third-order valence-corrected chi connectivity index (χ3v) is 1.26. The van der Waals surface area contributed by atoms with Crippen molar-refractivity contribution in [1.82, 2.24) is 4.90 Å². The van der Waals surface area contributed by atoms with Crippen LogP contribution in [0.1, 0.15) is 21.2 Å². The van der Waals surface area contributed by atoms with Gasteiger partial charge in [0.05, 0.1) is 6.54 Å². The second-order valence-corrected chi connectivity index (χ2v) is 3.30. The molecule has 80 valence electrons. The SMILES string of the molecule is CCCCN1[C+]=NC=C1.O=S(=O)([O-])[O-].[H+]. The summed E-state index contributed by atoms with van der Waals surface area (Å²) in [5.74, 6) is 0. The Bertz CT molecular complexity index is 282. The highest BCUT2D eigenvalue weighted by Gasteiger charge is 2.07. The van der Waals surface area contributed by atoms with Gasteiger partial charge >= 0.3 is 1.43 Å². The van der Waals surface area contributed by atoms with Gasteiger partial charge in [-0.3, -0.25) is 8.42 Å². The van der Waals surface area contributed by atoms with Gasteiger partial charge in [0, 0.05) is 10.4 Å². The number of hydrogen-bond acceptors (Lipinski definition) is 6. The minimum atomic E-state index is -5.17. The molecule has 1 rings (SSSR count). The molecule has 0 saturated heterocycles. The summed E-state index contributed by atoms with van der Waals surface area (Å²) >= 11 is 0. The van der Waals surface area contributed by atoms with Crippen molar-refractivity contribution in [1.29, 1.82) is 0 Å². The largest absolute Gasteiger partial charge is 1.00 e. The lowest BCUT2D eigenvalue weighted by atomic mass is 10.3. The van der Waals surface area contributed by atoms with Crippen LogP contribution < -0.4 is 0 Å². The van der Waals surface area contributed by atoms with Crippen LogP contribution in [0, 0.1) is 0 Å². The second-order valence-electron chi connectivity index (χ2n) is 2.48. The highest BCUT2D eigenvalue weighted by molar-refractivity contribution is 7.79. The molecule has 0 atom stereocenters. The van der Waals surface area contributed by atoms with Gasteiger partial charge in [0.1, 0.15) is 0 Å². The van der Waals surface area contributed by atoms with Crippen LogP contribution in [0.3, 0.4) is 0 Å². The lowest BCUT2D eigenvalue weighted by molar-refractivity contribution is 0.352. The standard InChI is InChI=1S/C7H11N2.H2O4S/c1-2-3-5-9-6-4-8-7-9;1-5(2,3)4/h4,6H,2-3,5H2,1H3;(H2,1,2,3,4)/q+1;/p-1. The van der Waals surface area contributed by atoms with Crippen molar-refractivity contribution in [3.05, 3.63) is 12.4 Å². The molecule has 14 heavy (non-hydrogen) atoms. The normalized spacial score (nSPS) is 13.5. The topological polar surface area (TPSA) is 95.9 Å². The van der Waals surface area contributed by atoms with Gasteiger partial charge in [-0.25, -0.2) is 0 Å². The predicted molar refractivity (Wildman–Crippen MR) is 49.8 cm³/mol. The van der Waals surface area contributed by atoms with E-state index in [2.05, 4.69) is 18.3 Å². The minimum Gasteiger partial charge on any atom is -0.759 e. The van der Waals surface area contributed by atoms with Crippen LogP contribution in [0.25, 0.3) is 0 Å². The molecule has 0 fully saturated rings. The summed E-state index contributed by atoms with van der Waals surface area (Å²) in [4.78, 5) is 5.79. The fraction of sp³-hybridized carbons (Fsp3) is 0.571. The van der Waals surface area contributed by atoms with Crippen molar-refractivity contribution >= 4 is 16.7 Å². The number of nitrogens with zero attached hydrogens (tertiary/aromatic N) is 2. The van der Waals surface area contributed by atoms with E-state index in [0.717, 1.165) is 6.54 Å². The van der Waals surface area contributed by atoms with E-state index < -0.39 is 10.4 Å². The zero-order valence-electron chi connectivity index (χ0n) is 8.71. The summed E-state index contributed by atoms with van der Waals surface area (Å²) < 4.78 is 34.1. The molecule has 1 aliphatic heterocycles. The van der Waals surface area contributed by atoms with Crippen molar-refractivity contribution in [2.75, 3.05) is 6.54 Å². The fourth-order valence-electron chi connectivity index (χ4n) is 0.708. The monoisotopic (exact) mass is 220 g/mol. The van der Waals surface area contributed by atoms with Crippen LogP contribution in [0.15, 0.2) is 17.4 Å². The van der Waals surface area contributed by atoms with E-state index in [1.165, 1.54) is 12.8 Å². The van der Waals surface area contributed by atoms with Crippen molar-refractivity contribution in [3.8, 4) is 0 Å². The zero-order valence-corrected chi connectivity index (χ0v) is 8.53. The van der Waals surface area contributed by atoms with Crippen molar-refractivity contribution in [3.63, 3.8) is 0 Å². The van der Waals surface area contributed by atoms with Crippen molar-refractivity contribution in [2.24, 2.45) is 4.99 Å². The van der Waals surface area contributed by atoms with Crippen molar-refractivity contribution in [2.45, 2.75) is 19.8 Å². The highest BCUT2D eigenvalue weighted by atomic mass is 32.3. The average molecular weight is 220 g/mol. The van der Waals surface area contributed by atoms with Crippen LogP contribution in [-0.2, 0) is 10.4 Å². The maximum atomic E-state index is 8.52.